The van der Waals surface area contributed by atoms with Crippen LogP contribution >= 0.6 is 15.9 Å². The van der Waals surface area contributed by atoms with Crippen LogP contribution < -0.4 is 14.8 Å². The minimum Gasteiger partial charge on any atom is -0.492 e. The second kappa shape index (κ2) is 7.36. The number of hydrogen-bond donors (Lipinski definition) is 1. The molecule has 3 rings (SSSR count). The molecular formula is C17H19BrN4O4. The zero-order valence-corrected chi connectivity index (χ0v) is 16.2. The van der Waals surface area contributed by atoms with E-state index in [4.69, 9.17) is 14.2 Å². The van der Waals surface area contributed by atoms with Gasteiger partial charge in [-0.3, -0.25) is 4.79 Å². The Balaban J connectivity index is 2.18. The smallest absolute Gasteiger partial charge is 0.317 e. The maximum absolute atomic E-state index is 12.5. The van der Waals surface area contributed by atoms with E-state index in [1.807, 2.05) is 19.1 Å². The first-order valence-corrected chi connectivity index (χ1v) is 8.74. The lowest BCUT2D eigenvalue weighted by molar-refractivity contribution is -0.145. The zero-order chi connectivity index (χ0) is 18.8. The van der Waals surface area contributed by atoms with Crippen LogP contribution in [0.1, 0.15) is 18.5 Å². The second-order valence-electron chi connectivity index (χ2n) is 5.59. The molecule has 0 bridgehead atoms. The molecule has 1 aliphatic rings. The zero-order valence-electron chi connectivity index (χ0n) is 14.7. The Morgan fingerprint density at radius 2 is 2.19 bits per heavy atom. The third-order valence-corrected chi connectivity index (χ3v) is 4.72. The number of carbonyl (C=O) groups excluding carboxylic acids is 1. The lowest BCUT2D eigenvalue weighted by Gasteiger charge is -2.33. The van der Waals surface area contributed by atoms with Crippen LogP contribution in [-0.4, -0.2) is 41.6 Å². The van der Waals surface area contributed by atoms with Crippen molar-refractivity contribution in [2.24, 2.45) is 5.92 Å². The Hall–Kier alpha value is -2.55. The van der Waals surface area contributed by atoms with Crippen molar-refractivity contribution in [3.05, 3.63) is 40.8 Å². The molecule has 0 amide bonds. The van der Waals surface area contributed by atoms with Gasteiger partial charge in [0.05, 0.1) is 31.3 Å². The molecule has 1 aromatic heterocycles. The summed E-state index contributed by atoms with van der Waals surface area (Å²) in [6, 6.07) is 3.21. The van der Waals surface area contributed by atoms with Gasteiger partial charge in [0, 0.05) is 5.70 Å². The van der Waals surface area contributed by atoms with Gasteiger partial charge in [0.15, 0.2) is 11.5 Å². The Labute approximate surface area is 159 Å². The molecule has 2 atom stereocenters. The van der Waals surface area contributed by atoms with Gasteiger partial charge in [-0.25, -0.2) is 4.68 Å². The number of nitrogens with zero attached hydrogens (tertiary/aromatic N) is 3. The highest BCUT2D eigenvalue weighted by atomic mass is 79.9. The molecule has 138 valence electrons. The van der Waals surface area contributed by atoms with Gasteiger partial charge in [-0.2, -0.15) is 10.1 Å². The molecular weight excluding hydrogens is 404 g/mol. The number of nitrogens with one attached hydrogen (secondary N) is 1. The van der Waals surface area contributed by atoms with Crippen molar-refractivity contribution in [2.45, 2.75) is 13.0 Å². The fourth-order valence-corrected chi connectivity index (χ4v) is 3.67. The molecule has 2 heterocycles. The molecule has 0 saturated carbocycles. The molecule has 1 aromatic carbocycles. The minimum atomic E-state index is -0.677. The minimum absolute atomic E-state index is 0.418. The summed E-state index contributed by atoms with van der Waals surface area (Å²) in [4.78, 5) is 16.6. The number of benzene rings is 1. The highest BCUT2D eigenvalue weighted by Crippen LogP contribution is 2.43. The number of ether oxygens (including phenoxy) is 3. The van der Waals surface area contributed by atoms with Crippen LogP contribution in [-0.2, 0) is 9.53 Å². The summed E-state index contributed by atoms with van der Waals surface area (Å²) in [5.41, 5.74) is 1.28. The number of anilines is 1. The average molecular weight is 423 g/mol. The predicted octanol–water partition coefficient (Wildman–Crippen LogP) is 2.77. The van der Waals surface area contributed by atoms with Gasteiger partial charge in [-0.15, -0.1) is 0 Å². The normalized spacial score (nSPS) is 18.7. The third-order valence-electron chi connectivity index (χ3n) is 4.13. The molecule has 1 N–H and O–H groups in total. The monoisotopic (exact) mass is 422 g/mol. The average Bonchev–Trinajstić information content (AvgIpc) is 3.07. The summed E-state index contributed by atoms with van der Waals surface area (Å²) in [7, 11) is 2.92. The second-order valence-corrected chi connectivity index (χ2v) is 6.45. The van der Waals surface area contributed by atoms with Crippen molar-refractivity contribution in [2.75, 3.05) is 26.1 Å². The lowest BCUT2D eigenvalue weighted by Crippen LogP contribution is -2.37. The maximum Gasteiger partial charge on any atom is 0.317 e. The quantitative estimate of drug-likeness (QED) is 0.740. The van der Waals surface area contributed by atoms with Gasteiger partial charge >= 0.3 is 5.97 Å². The molecule has 9 heteroatoms. The van der Waals surface area contributed by atoms with E-state index >= 15 is 0 Å². The molecule has 2 unspecified atom stereocenters. The molecule has 0 fully saturated rings. The van der Waals surface area contributed by atoms with Crippen molar-refractivity contribution in [3.8, 4) is 11.5 Å². The van der Waals surface area contributed by atoms with E-state index in [-0.39, 0.29) is 0 Å². The highest BCUT2D eigenvalue weighted by molar-refractivity contribution is 9.10. The maximum atomic E-state index is 12.5. The van der Waals surface area contributed by atoms with Crippen molar-refractivity contribution >= 4 is 27.8 Å². The van der Waals surface area contributed by atoms with E-state index in [9.17, 15) is 4.79 Å². The molecule has 8 nitrogen and oxygen atoms in total. The van der Waals surface area contributed by atoms with Gasteiger partial charge < -0.3 is 19.5 Å². The van der Waals surface area contributed by atoms with Crippen LogP contribution in [0, 0.1) is 5.92 Å². The van der Waals surface area contributed by atoms with Gasteiger partial charge in [0.1, 0.15) is 12.2 Å². The largest absolute Gasteiger partial charge is 0.492 e. The first-order chi connectivity index (χ1) is 12.5. The fraction of sp³-hybridized carbons (Fsp3) is 0.353. The number of methoxy groups -OCH3 is 2. The van der Waals surface area contributed by atoms with Gasteiger partial charge in [-0.05, 0) is 40.5 Å². The lowest BCUT2D eigenvalue weighted by atomic mass is 9.89. The third kappa shape index (κ3) is 3.03. The molecule has 2 aromatic rings. The van der Waals surface area contributed by atoms with Crippen LogP contribution in [0.15, 0.2) is 35.2 Å². The van der Waals surface area contributed by atoms with Crippen LogP contribution in [0.3, 0.4) is 0 Å². The van der Waals surface area contributed by atoms with Crippen molar-refractivity contribution in [1.82, 2.24) is 14.8 Å². The highest BCUT2D eigenvalue weighted by Gasteiger charge is 2.40. The Morgan fingerprint density at radius 3 is 2.85 bits per heavy atom. The molecule has 0 aliphatic carbocycles. The van der Waals surface area contributed by atoms with E-state index in [0.717, 1.165) is 5.56 Å². The van der Waals surface area contributed by atoms with E-state index in [1.54, 1.807) is 11.8 Å². The summed E-state index contributed by atoms with van der Waals surface area (Å²) in [6.45, 7) is 6.33. The topological polar surface area (TPSA) is 87.5 Å². The van der Waals surface area contributed by atoms with Crippen LogP contribution in [0.25, 0.3) is 0 Å². The fourth-order valence-electron chi connectivity index (χ4n) is 3.05. The number of fused-ring (bicyclic) bond motifs is 1. The van der Waals surface area contributed by atoms with Crippen molar-refractivity contribution in [1.29, 1.82) is 0 Å². The van der Waals surface area contributed by atoms with Crippen molar-refractivity contribution < 1.29 is 19.0 Å². The summed E-state index contributed by atoms with van der Waals surface area (Å²) < 4.78 is 18.4. The standard InChI is InChI=1S/C17H19BrN4O4/c1-5-26-12-7-10(6-11(18)15(12)24-3)14-13(16(23)25-4)9(2)21-17-19-8-20-22(14)17/h6-8,13-14H,2,5H2,1,3-4H3,(H,19,20,21). The van der Waals surface area contributed by atoms with E-state index in [2.05, 4.69) is 37.9 Å². The SMILES string of the molecule is C=C1Nc2ncnn2C(c2cc(Br)c(OC)c(OCC)c2)C1C(=O)OC. The first-order valence-electron chi connectivity index (χ1n) is 7.95. The summed E-state index contributed by atoms with van der Waals surface area (Å²) in [6.07, 6.45) is 1.42. The number of esters is 1. The summed E-state index contributed by atoms with van der Waals surface area (Å²) in [5, 5.41) is 7.28. The van der Waals surface area contributed by atoms with Gasteiger partial charge in [0.2, 0.25) is 5.95 Å². The van der Waals surface area contributed by atoms with E-state index in [1.165, 1.54) is 13.4 Å². The molecule has 0 spiro atoms. The van der Waals surface area contributed by atoms with Crippen LogP contribution in [0.4, 0.5) is 5.95 Å². The summed E-state index contributed by atoms with van der Waals surface area (Å²) >= 11 is 3.51. The number of hydrogen-bond acceptors (Lipinski definition) is 7. The molecule has 1 aliphatic heterocycles. The Kier molecular flexibility index (Phi) is 5.17. The number of aromatic nitrogens is 3. The van der Waals surface area contributed by atoms with Crippen molar-refractivity contribution in [3.63, 3.8) is 0 Å². The molecule has 0 saturated heterocycles. The van der Waals surface area contributed by atoms with Gasteiger partial charge in [-0.1, -0.05) is 6.58 Å². The predicted molar refractivity (Wildman–Crippen MR) is 98.3 cm³/mol. The molecule has 26 heavy (non-hydrogen) atoms. The van der Waals surface area contributed by atoms with Crippen LogP contribution in [0.2, 0.25) is 0 Å². The number of carbonyl (C=O) groups is 1. The number of halogens is 1. The Morgan fingerprint density at radius 1 is 1.42 bits per heavy atom. The molecule has 0 radical (unpaired) electrons. The summed E-state index contributed by atoms with van der Waals surface area (Å²) in [5.74, 6) is 0.554. The number of rotatable bonds is 5. The van der Waals surface area contributed by atoms with Crippen LogP contribution in [0.5, 0.6) is 11.5 Å². The van der Waals surface area contributed by atoms with Gasteiger partial charge in [0.25, 0.3) is 0 Å². The van der Waals surface area contributed by atoms with E-state index in [0.29, 0.717) is 34.2 Å². The first kappa shape index (κ1) is 18.2. The Bertz CT molecular complexity index is 851. The van der Waals surface area contributed by atoms with E-state index < -0.39 is 17.9 Å².